The van der Waals surface area contributed by atoms with Crippen LogP contribution in [0.5, 0.6) is 0 Å². The Morgan fingerprint density at radius 3 is 2.62 bits per heavy atom. The summed E-state index contributed by atoms with van der Waals surface area (Å²) in [5, 5.41) is 13.6. The van der Waals surface area contributed by atoms with Crippen LogP contribution < -0.4 is 9.62 Å². The van der Waals surface area contributed by atoms with Gasteiger partial charge in [0.05, 0.1) is 21.2 Å². The van der Waals surface area contributed by atoms with Crippen molar-refractivity contribution in [2.24, 2.45) is 0 Å². The summed E-state index contributed by atoms with van der Waals surface area (Å²) in [5.74, 6) is -0.472. The molecular formula is C15H13N3O5S. The fraction of sp³-hybridized carbons (Fsp3) is 0.133. The quantitative estimate of drug-likeness (QED) is 0.675. The topological polar surface area (TPSA) is 110 Å². The van der Waals surface area contributed by atoms with Crippen molar-refractivity contribution in [3.05, 3.63) is 58.1 Å². The Labute approximate surface area is 137 Å². The lowest BCUT2D eigenvalue weighted by atomic mass is 10.2. The van der Waals surface area contributed by atoms with Gasteiger partial charge in [-0.05, 0) is 24.6 Å². The van der Waals surface area contributed by atoms with Gasteiger partial charge in [-0.3, -0.25) is 19.2 Å². The monoisotopic (exact) mass is 347 g/mol. The number of carbonyl (C=O) groups is 1. The van der Waals surface area contributed by atoms with Gasteiger partial charge in [0.15, 0.2) is 0 Å². The van der Waals surface area contributed by atoms with Crippen molar-refractivity contribution < 1.29 is 18.1 Å². The maximum absolute atomic E-state index is 13.0. The molecule has 1 aliphatic heterocycles. The highest BCUT2D eigenvalue weighted by Crippen LogP contribution is 2.34. The van der Waals surface area contributed by atoms with Gasteiger partial charge < -0.3 is 5.32 Å². The molecule has 0 atom stereocenters. The van der Waals surface area contributed by atoms with Gasteiger partial charge in [0.2, 0.25) is 5.91 Å². The Morgan fingerprint density at radius 1 is 1.21 bits per heavy atom. The van der Waals surface area contributed by atoms with Crippen molar-refractivity contribution in [1.82, 2.24) is 0 Å². The number of amides is 1. The fourth-order valence-corrected chi connectivity index (χ4v) is 4.20. The fourth-order valence-electron chi connectivity index (χ4n) is 2.52. The second-order valence-electron chi connectivity index (χ2n) is 5.28. The summed E-state index contributed by atoms with van der Waals surface area (Å²) in [4.78, 5) is 21.9. The number of hydrogen-bond acceptors (Lipinski definition) is 5. The number of nitrogens with zero attached hydrogens (tertiary/aromatic N) is 2. The normalized spacial score (nSPS) is 14.0. The molecule has 0 aliphatic carbocycles. The molecule has 1 amide bonds. The zero-order valence-corrected chi connectivity index (χ0v) is 13.4. The van der Waals surface area contributed by atoms with Gasteiger partial charge in [-0.1, -0.05) is 18.2 Å². The second-order valence-corrected chi connectivity index (χ2v) is 7.11. The molecule has 9 heteroatoms. The number of anilines is 2. The minimum Gasteiger partial charge on any atom is -0.323 e. The number of para-hydroxylation sites is 2. The van der Waals surface area contributed by atoms with Crippen LogP contribution in [0.2, 0.25) is 0 Å². The molecule has 0 saturated carbocycles. The van der Waals surface area contributed by atoms with E-state index >= 15 is 0 Å². The molecule has 3 rings (SSSR count). The number of aryl methyl sites for hydroxylation is 1. The van der Waals surface area contributed by atoms with Crippen molar-refractivity contribution in [3.8, 4) is 0 Å². The first kappa shape index (κ1) is 15.9. The number of rotatable bonds is 3. The molecule has 0 saturated heterocycles. The van der Waals surface area contributed by atoms with Crippen LogP contribution >= 0.6 is 0 Å². The summed E-state index contributed by atoms with van der Waals surface area (Å²) in [7, 11) is -4.13. The van der Waals surface area contributed by atoms with Gasteiger partial charge in [-0.2, -0.15) is 0 Å². The number of benzene rings is 2. The zero-order chi connectivity index (χ0) is 17.5. The number of nitro benzene ring substituents is 1. The molecule has 24 heavy (non-hydrogen) atoms. The summed E-state index contributed by atoms with van der Waals surface area (Å²) < 4.78 is 27.0. The molecule has 1 N–H and O–H groups in total. The molecule has 0 unspecified atom stereocenters. The first-order chi connectivity index (χ1) is 11.3. The van der Waals surface area contributed by atoms with Gasteiger partial charge >= 0.3 is 0 Å². The van der Waals surface area contributed by atoms with Crippen LogP contribution in [0, 0.1) is 17.0 Å². The van der Waals surface area contributed by atoms with Gasteiger partial charge in [0, 0.05) is 12.1 Å². The lowest BCUT2D eigenvalue weighted by Gasteiger charge is -2.30. The van der Waals surface area contributed by atoms with E-state index in [4.69, 9.17) is 0 Å². The summed E-state index contributed by atoms with van der Waals surface area (Å²) in [5.41, 5.74) is 0.737. The maximum Gasteiger partial charge on any atom is 0.270 e. The minimum atomic E-state index is -4.13. The Morgan fingerprint density at radius 2 is 1.92 bits per heavy atom. The van der Waals surface area contributed by atoms with E-state index in [9.17, 15) is 23.3 Å². The number of nitro groups is 1. The van der Waals surface area contributed by atoms with Crippen LogP contribution in [0.15, 0.2) is 47.4 Å². The maximum atomic E-state index is 13.0. The van der Waals surface area contributed by atoms with Gasteiger partial charge in [-0.25, -0.2) is 8.42 Å². The van der Waals surface area contributed by atoms with Gasteiger partial charge in [0.25, 0.3) is 15.7 Å². The van der Waals surface area contributed by atoms with E-state index in [0.29, 0.717) is 16.9 Å². The van der Waals surface area contributed by atoms with Crippen LogP contribution in [-0.2, 0) is 14.8 Å². The van der Waals surface area contributed by atoms with Crippen LogP contribution in [0.3, 0.4) is 0 Å². The average molecular weight is 347 g/mol. The Kier molecular flexibility index (Phi) is 3.72. The number of fused-ring (bicyclic) bond motifs is 1. The Balaban J connectivity index is 2.17. The lowest BCUT2D eigenvalue weighted by Crippen LogP contribution is -2.42. The van der Waals surface area contributed by atoms with Gasteiger partial charge in [-0.15, -0.1) is 0 Å². The minimum absolute atomic E-state index is 0.193. The average Bonchev–Trinajstić information content (AvgIpc) is 2.54. The predicted octanol–water partition coefficient (Wildman–Crippen LogP) is 2.05. The van der Waals surface area contributed by atoms with E-state index in [1.165, 1.54) is 12.1 Å². The Hall–Kier alpha value is -2.94. The van der Waals surface area contributed by atoms with Crippen LogP contribution in [0.4, 0.5) is 17.1 Å². The molecule has 1 aliphatic rings. The third-order valence-electron chi connectivity index (χ3n) is 3.68. The van der Waals surface area contributed by atoms with Crippen molar-refractivity contribution in [3.63, 3.8) is 0 Å². The van der Waals surface area contributed by atoms with Crippen LogP contribution in [0.1, 0.15) is 5.56 Å². The number of sulfonamides is 1. The highest BCUT2D eigenvalue weighted by molar-refractivity contribution is 7.93. The van der Waals surface area contributed by atoms with E-state index < -0.39 is 20.9 Å². The molecule has 0 bridgehead atoms. The van der Waals surface area contributed by atoms with Crippen molar-refractivity contribution in [2.75, 3.05) is 16.2 Å². The largest absolute Gasteiger partial charge is 0.323 e. The number of hydrogen-bond donors (Lipinski definition) is 1. The van der Waals surface area contributed by atoms with Crippen molar-refractivity contribution in [1.29, 1.82) is 0 Å². The first-order valence-corrected chi connectivity index (χ1v) is 8.41. The number of carbonyl (C=O) groups excluding carboxylic acids is 1. The highest BCUT2D eigenvalue weighted by atomic mass is 32.2. The van der Waals surface area contributed by atoms with E-state index in [1.54, 1.807) is 31.2 Å². The number of nitrogens with one attached hydrogen (secondary N) is 1. The summed E-state index contributed by atoms with van der Waals surface area (Å²) >= 11 is 0. The van der Waals surface area contributed by atoms with Crippen LogP contribution in [0.25, 0.3) is 0 Å². The summed E-state index contributed by atoms with van der Waals surface area (Å²) in [6, 6.07) is 10.1. The van der Waals surface area contributed by atoms with E-state index in [-0.39, 0.29) is 17.1 Å². The third-order valence-corrected chi connectivity index (χ3v) is 5.59. The molecule has 0 fully saturated rings. The highest BCUT2D eigenvalue weighted by Gasteiger charge is 2.34. The Bertz CT molecular complexity index is 955. The smallest absolute Gasteiger partial charge is 0.270 e. The second kappa shape index (κ2) is 5.60. The third kappa shape index (κ3) is 2.58. The molecule has 2 aromatic rings. The molecule has 2 aromatic carbocycles. The van der Waals surface area contributed by atoms with Crippen LogP contribution in [-0.4, -0.2) is 25.8 Å². The van der Waals surface area contributed by atoms with E-state index in [0.717, 1.165) is 10.4 Å². The molecule has 1 heterocycles. The van der Waals surface area contributed by atoms with Crippen molar-refractivity contribution >= 4 is 33.0 Å². The molecular weight excluding hydrogens is 334 g/mol. The summed E-state index contributed by atoms with van der Waals surface area (Å²) in [6.45, 7) is 1.16. The molecule has 0 radical (unpaired) electrons. The zero-order valence-electron chi connectivity index (χ0n) is 12.6. The van der Waals surface area contributed by atoms with Crippen molar-refractivity contribution in [2.45, 2.75) is 11.8 Å². The molecule has 0 spiro atoms. The number of non-ortho nitro benzene ring substituents is 1. The SMILES string of the molecule is Cc1ccc([N+](=O)[O-])cc1S(=O)(=O)N1CC(=O)Nc2ccccc21. The predicted molar refractivity (Wildman–Crippen MR) is 87.4 cm³/mol. The lowest BCUT2D eigenvalue weighted by molar-refractivity contribution is -0.385. The van der Waals surface area contributed by atoms with E-state index in [1.807, 2.05) is 0 Å². The first-order valence-electron chi connectivity index (χ1n) is 6.97. The molecule has 8 nitrogen and oxygen atoms in total. The molecule has 0 aromatic heterocycles. The summed E-state index contributed by atoms with van der Waals surface area (Å²) in [6.07, 6.45) is 0. The standard InChI is InChI=1S/C15H13N3O5S/c1-10-6-7-11(18(20)21)8-14(10)24(22,23)17-9-15(19)16-12-4-2-3-5-13(12)17/h2-8H,9H2,1H3,(H,16,19). The molecule has 124 valence electrons. The van der Waals surface area contributed by atoms with Gasteiger partial charge in [0.1, 0.15) is 6.54 Å². The van der Waals surface area contributed by atoms with E-state index in [2.05, 4.69) is 5.32 Å².